The normalized spacial score (nSPS) is 18.5. The van der Waals surface area contributed by atoms with Gasteiger partial charge < -0.3 is 19.5 Å². The minimum Gasteiger partial charge on any atom is -0.494 e. The maximum atomic E-state index is 12.8. The summed E-state index contributed by atoms with van der Waals surface area (Å²) in [7, 11) is 0. The van der Waals surface area contributed by atoms with E-state index in [0.717, 1.165) is 5.75 Å². The number of amides is 2. The van der Waals surface area contributed by atoms with Crippen LogP contribution in [0, 0.1) is 0 Å². The van der Waals surface area contributed by atoms with Crippen molar-refractivity contribution in [3.05, 3.63) is 42.5 Å². The van der Waals surface area contributed by atoms with Crippen molar-refractivity contribution in [2.75, 3.05) is 25.3 Å². The van der Waals surface area contributed by atoms with Gasteiger partial charge in [-0.05, 0) is 50.2 Å². The molecule has 9 heteroatoms. The summed E-state index contributed by atoms with van der Waals surface area (Å²) in [6, 6.07) is 12.5. The number of fused-ring (bicyclic) bond motifs is 1. The summed E-state index contributed by atoms with van der Waals surface area (Å²) in [5.74, 6) is 1.70. The van der Waals surface area contributed by atoms with Crippen LogP contribution in [0.4, 0.5) is 11.4 Å². The van der Waals surface area contributed by atoms with E-state index in [4.69, 9.17) is 14.2 Å². The standard InChI is InChI=1S/C22H23N3O5S/c1-3-25-21(27)19(12-20(26)23-14-5-8-16(9-6-14)28-4-2)31-22(25)24-15-7-10-17-18(11-15)30-13-29-17/h5-11,19H,3-4,12-13H2,1-2H3,(H,23,26). The predicted molar refractivity (Wildman–Crippen MR) is 119 cm³/mol. The monoisotopic (exact) mass is 441 g/mol. The maximum Gasteiger partial charge on any atom is 0.242 e. The van der Waals surface area contributed by atoms with E-state index in [9.17, 15) is 9.59 Å². The number of benzene rings is 2. The molecule has 2 aliphatic heterocycles. The molecule has 0 radical (unpaired) electrons. The fourth-order valence-corrected chi connectivity index (χ4v) is 4.48. The van der Waals surface area contributed by atoms with E-state index >= 15 is 0 Å². The van der Waals surface area contributed by atoms with Gasteiger partial charge in [-0.1, -0.05) is 11.8 Å². The highest BCUT2D eigenvalue weighted by atomic mass is 32.2. The van der Waals surface area contributed by atoms with Crippen LogP contribution in [-0.4, -0.2) is 47.1 Å². The average molecular weight is 442 g/mol. The Labute approximate surface area is 184 Å². The molecule has 1 fully saturated rings. The lowest BCUT2D eigenvalue weighted by atomic mass is 10.2. The Morgan fingerprint density at radius 2 is 1.97 bits per heavy atom. The second-order valence-electron chi connectivity index (χ2n) is 6.83. The van der Waals surface area contributed by atoms with Gasteiger partial charge in [0.1, 0.15) is 11.0 Å². The topological polar surface area (TPSA) is 89.5 Å². The lowest BCUT2D eigenvalue weighted by Crippen LogP contribution is -2.33. The van der Waals surface area contributed by atoms with Crippen LogP contribution in [0.25, 0.3) is 0 Å². The van der Waals surface area contributed by atoms with Gasteiger partial charge >= 0.3 is 0 Å². The minimum absolute atomic E-state index is 0.0629. The van der Waals surface area contributed by atoms with Gasteiger partial charge in [-0.2, -0.15) is 0 Å². The van der Waals surface area contributed by atoms with E-state index in [1.807, 2.05) is 19.9 Å². The van der Waals surface area contributed by atoms with Crippen LogP contribution in [0.3, 0.4) is 0 Å². The van der Waals surface area contributed by atoms with Crippen molar-refractivity contribution in [2.45, 2.75) is 25.5 Å². The Morgan fingerprint density at radius 3 is 2.71 bits per heavy atom. The van der Waals surface area contributed by atoms with E-state index < -0.39 is 5.25 Å². The van der Waals surface area contributed by atoms with Gasteiger partial charge in [0, 0.05) is 24.7 Å². The molecule has 2 aromatic rings. The third-order valence-corrected chi connectivity index (χ3v) is 5.91. The van der Waals surface area contributed by atoms with Gasteiger partial charge in [0.15, 0.2) is 16.7 Å². The zero-order chi connectivity index (χ0) is 21.8. The summed E-state index contributed by atoms with van der Waals surface area (Å²) in [5.41, 5.74) is 1.32. The van der Waals surface area contributed by atoms with Crippen LogP contribution in [0.2, 0.25) is 0 Å². The van der Waals surface area contributed by atoms with Crippen molar-refractivity contribution in [2.24, 2.45) is 4.99 Å². The largest absolute Gasteiger partial charge is 0.494 e. The summed E-state index contributed by atoms with van der Waals surface area (Å²) < 4.78 is 16.1. The van der Waals surface area contributed by atoms with E-state index in [-0.39, 0.29) is 25.0 Å². The number of nitrogens with one attached hydrogen (secondary N) is 1. The Morgan fingerprint density at radius 1 is 1.19 bits per heavy atom. The van der Waals surface area contributed by atoms with Crippen LogP contribution in [0.15, 0.2) is 47.5 Å². The van der Waals surface area contributed by atoms with Crippen molar-refractivity contribution < 1.29 is 23.8 Å². The molecule has 1 atom stereocenters. The number of amidine groups is 1. The summed E-state index contributed by atoms with van der Waals surface area (Å²) >= 11 is 1.30. The number of ether oxygens (including phenoxy) is 3. The molecule has 1 N–H and O–H groups in total. The molecule has 1 saturated heterocycles. The highest BCUT2D eigenvalue weighted by molar-refractivity contribution is 8.15. The molecule has 2 amide bonds. The lowest BCUT2D eigenvalue weighted by molar-refractivity contribution is -0.128. The van der Waals surface area contributed by atoms with Gasteiger partial charge in [-0.15, -0.1) is 0 Å². The second-order valence-corrected chi connectivity index (χ2v) is 8.00. The molecule has 1 unspecified atom stereocenters. The van der Waals surface area contributed by atoms with Crippen molar-refractivity contribution >= 4 is 40.1 Å². The molecule has 162 valence electrons. The smallest absolute Gasteiger partial charge is 0.242 e. The first-order valence-corrected chi connectivity index (χ1v) is 10.9. The first-order chi connectivity index (χ1) is 15.1. The number of nitrogens with zero attached hydrogens (tertiary/aromatic N) is 2. The molecule has 4 rings (SSSR count). The Hall–Kier alpha value is -3.20. The molecule has 2 aromatic carbocycles. The number of hydrogen-bond acceptors (Lipinski definition) is 7. The van der Waals surface area contributed by atoms with Gasteiger partial charge in [0.25, 0.3) is 0 Å². The number of hydrogen-bond donors (Lipinski definition) is 1. The first kappa shape index (κ1) is 21.0. The minimum atomic E-state index is -0.518. The average Bonchev–Trinajstić information content (AvgIpc) is 3.33. The summed E-state index contributed by atoms with van der Waals surface area (Å²) in [6.45, 7) is 5.05. The highest BCUT2D eigenvalue weighted by Crippen LogP contribution is 2.37. The lowest BCUT2D eigenvalue weighted by Gasteiger charge is -2.13. The Bertz CT molecular complexity index is 1010. The summed E-state index contributed by atoms with van der Waals surface area (Å²) in [5, 5.41) is 2.89. The number of aliphatic imine (C=N–C) groups is 1. The zero-order valence-electron chi connectivity index (χ0n) is 17.3. The third kappa shape index (κ3) is 4.77. The van der Waals surface area contributed by atoms with E-state index in [2.05, 4.69) is 10.3 Å². The number of carbonyl (C=O) groups excluding carboxylic acids is 2. The molecule has 2 heterocycles. The van der Waals surface area contributed by atoms with Gasteiger partial charge in [0.05, 0.1) is 12.3 Å². The number of carbonyl (C=O) groups is 2. The van der Waals surface area contributed by atoms with Crippen LogP contribution in [0.5, 0.6) is 17.2 Å². The van der Waals surface area contributed by atoms with Crippen LogP contribution in [-0.2, 0) is 9.59 Å². The first-order valence-electron chi connectivity index (χ1n) is 10.1. The van der Waals surface area contributed by atoms with E-state index in [1.54, 1.807) is 41.3 Å². The van der Waals surface area contributed by atoms with Crippen LogP contribution < -0.4 is 19.5 Å². The van der Waals surface area contributed by atoms with E-state index in [0.29, 0.717) is 41.2 Å². The number of anilines is 1. The van der Waals surface area contributed by atoms with Crippen molar-refractivity contribution in [3.63, 3.8) is 0 Å². The Balaban J connectivity index is 1.42. The van der Waals surface area contributed by atoms with Crippen molar-refractivity contribution in [1.29, 1.82) is 0 Å². The zero-order valence-corrected chi connectivity index (χ0v) is 18.1. The van der Waals surface area contributed by atoms with Crippen LogP contribution >= 0.6 is 11.8 Å². The highest BCUT2D eigenvalue weighted by Gasteiger charge is 2.38. The third-order valence-electron chi connectivity index (χ3n) is 4.74. The number of rotatable bonds is 7. The summed E-state index contributed by atoms with van der Waals surface area (Å²) in [6.07, 6.45) is 0.0629. The number of thioether (sulfide) groups is 1. The van der Waals surface area contributed by atoms with Crippen molar-refractivity contribution in [3.8, 4) is 17.2 Å². The molecule has 0 spiro atoms. The molecule has 0 aromatic heterocycles. The van der Waals surface area contributed by atoms with Crippen molar-refractivity contribution in [1.82, 2.24) is 4.90 Å². The molecule has 2 aliphatic rings. The molecular formula is C22H23N3O5S. The van der Waals surface area contributed by atoms with Gasteiger partial charge in [0.2, 0.25) is 18.6 Å². The molecule has 0 saturated carbocycles. The molecule has 31 heavy (non-hydrogen) atoms. The summed E-state index contributed by atoms with van der Waals surface area (Å²) in [4.78, 5) is 31.5. The SMILES string of the molecule is CCOc1ccc(NC(=O)CC2SC(=Nc3ccc4c(c3)OCO4)N(CC)C2=O)cc1. The molecule has 8 nitrogen and oxygen atoms in total. The van der Waals surface area contributed by atoms with E-state index in [1.165, 1.54) is 11.8 Å². The van der Waals surface area contributed by atoms with Gasteiger partial charge in [-0.3, -0.25) is 14.5 Å². The predicted octanol–water partition coefficient (Wildman–Crippen LogP) is 3.79. The fraction of sp³-hybridized carbons (Fsp3) is 0.318. The quantitative estimate of drug-likeness (QED) is 0.703. The maximum absolute atomic E-state index is 12.8. The Kier molecular flexibility index (Phi) is 6.31. The van der Waals surface area contributed by atoms with Gasteiger partial charge in [-0.25, -0.2) is 4.99 Å². The molecule has 0 aliphatic carbocycles. The molecular weight excluding hydrogens is 418 g/mol. The second kappa shape index (κ2) is 9.30. The fourth-order valence-electron chi connectivity index (χ4n) is 3.26. The van der Waals surface area contributed by atoms with Crippen LogP contribution in [0.1, 0.15) is 20.3 Å². The molecule has 0 bridgehead atoms.